The van der Waals surface area contributed by atoms with E-state index in [0.29, 0.717) is 5.02 Å². The zero-order valence-corrected chi connectivity index (χ0v) is 13.1. The predicted octanol–water partition coefficient (Wildman–Crippen LogP) is 1.10. The molecule has 22 heavy (non-hydrogen) atoms. The minimum atomic E-state index is -0.649. The molecule has 0 saturated carbocycles. The van der Waals surface area contributed by atoms with Gasteiger partial charge in [0.1, 0.15) is 0 Å². The van der Waals surface area contributed by atoms with E-state index in [1.165, 1.54) is 11.0 Å². The molecule has 1 aromatic carbocycles. The second-order valence-electron chi connectivity index (χ2n) is 4.56. The lowest BCUT2D eigenvalue weighted by Gasteiger charge is -2.10. The third-order valence-corrected chi connectivity index (χ3v) is 2.81. The Morgan fingerprint density at radius 1 is 1.23 bits per heavy atom. The standard InChI is InChI=1S/C15H17ClN2O4/c1-18(2)14(20)9-17-13(19)10-22-15(21)8-5-11-3-6-12(16)7-4-11/h3-8H,9-10H2,1-2H3,(H,17,19)/b8-5+. The van der Waals surface area contributed by atoms with Gasteiger partial charge in [-0.2, -0.15) is 0 Å². The van der Waals surface area contributed by atoms with E-state index in [2.05, 4.69) is 5.32 Å². The van der Waals surface area contributed by atoms with Gasteiger partial charge in [0.05, 0.1) is 6.54 Å². The van der Waals surface area contributed by atoms with E-state index < -0.39 is 18.5 Å². The first kappa shape index (κ1) is 17.7. The van der Waals surface area contributed by atoms with Crippen molar-refractivity contribution in [3.63, 3.8) is 0 Å². The molecule has 0 aromatic heterocycles. The number of halogens is 1. The van der Waals surface area contributed by atoms with Gasteiger partial charge in [0.15, 0.2) is 6.61 Å². The summed E-state index contributed by atoms with van der Waals surface area (Å²) in [5, 5.41) is 2.95. The van der Waals surface area contributed by atoms with E-state index in [4.69, 9.17) is 16.3 Å². The number of hydrogen-bond acceptors (Lipinski definition) is 4. The Morgan fingerprint density at radius 3 is 2.45 bits per heavy atom. The summed E-state index contributed by atoms with van der Waals surface area (Å²) in [6.07, 6.45) is 2.76. The summed E-state index contributed by atoms with van der Waals surface area (Å²) < 4.78 is 4.75. The maximum atomic E-state index is 11.4. The van der Waals surface area contributed by atoms with Crippen LogP contribution in [0.25, 0.3) is 6.08 Å². The second kappa shape index (κ2) is 8.84. The minimum absolute atomic E-state index is 0.135. The summed E-state index contributed by atoms with van der Waals surface area (Å²) in [5.41, 5.74) is 0.780. The fourth-order valence-electron chi connectivity index (χ4n) is 1.31. The molecule has 1 aromatic rings. The van der Waals surface area contributed by atoms with Crippen LogP contribution >= 0.6 is 11.6 Å². The molecule has 0 atom stereocenters. The van der Waals surface area contributed by atoms with Crippen LogP contribution in [0, 0.1) is 0 Å². The topological polar surface area (TPSA) is 75.7 Å². The summed E-state index contributed by atoms with van der Waals surface area (Å²) in [6, 6.07) is 6.88. The molecule has 0 spiro atoms. The van der Waals surface area contributed by atoms with Crippen LogP contribution in [0.1, 0.15) is 5.56 Å². The highest BCUT2D eigenvalue weighted by Gasteiger charge is 2.08. The Balaban J connectivity index is 2.32. The lowest BCUT2D eigenvalue weighted by atomic mass is 10.2. The molecule has 6 nitrogen and oxygen atoms in total. The fourth-order valence-corrected chi connectivity index (χ4v) is 1.43. The highest BCUT2D eigenvalue weighted by Crippen LogP contribution is 2.10. The molecule has 0 fully saturated rings. The third kappa shape index (κ3) is 6.90. The van der Waals surface area contributed by atoms with Crippen molar-refractivity contribution < 1.29 is 19.1 Å². The molecule has 1 rings (SSSR count). The number of likely N-dealkylation sites (N-methyl/N-ethyl adjacent to an activating group) is 1. The van der Waals surface area contributed by atoms with E-state index >= 15 is 0 Å². The number of hydrogen-bond donors (Lipinski definition) is 1. The lowest BCUT2D eigenvalue weighted by molar-refractivity contribution is -0.144. The number of carbonyl (C=O) groups excluding carboxylic acids is 3. The van der Waals surface area contributed by atoms with E-state index in [1.807, 2.05) is 0 Å². The van der Waals surface area contributed by atoms with Gasteiger partial charge in [0.25, 0.3) is 5.91 Å². The van der Waals surface area contributed by atoms with Gasteiger partial charge in [0.2, 0.25) is 5.91 Å². The number of carbonyl (C=O) groups is 3. The van der Waals surface area contributed by atoms with Crippen molar-refractivity contribution in [3.05, 3.63) is 40.9 Å². The lowest BCUT2D eigenvalue weighted by Crippen LogP contribution is -2.38. The Hall–Kier alpha value is -2.34. The number of nitrogens with zero attached hydrogens (tertiary/aromatic N) is 1. The number of amides is 2. The Labute approximate surface area is 133 Å². The van der Waals surface area contributed by atoms with Gasteiger partial charge < -0.3 is 15.0 Å². The van der Waals surface area contributed by atoms with Gasteiger partial charge in [0, 0.05) is 25.2 Å². The summed E-state index contributed by atoms with van der Waals surface area (Å²) in [5.74, 6) is -1.44. The molecule has 0 aliphatic heterocycles. The van der Waals surface area contributed by atoms with Crippen molar-refractivity contribution in [2.75, 3.05) is 27.2 Å². The predicted molar refractivity (Wildman–Crippen MR) is 83.1 cm³/mol. The molecular formula is C15H17ClN2O4. The van der Waals surface area contributed by atoms with E-state index in [1.54, 1.807) is 44.4 Å². The first-order valence-electron chi connectivity index (χ1n) is 6.45. The van der Waals surface area contributed by atoms with Crippen molar-refractivity contribution in [2.24, 2.45) is 0 Å². The van der Waals surface area contributed by atoms with Gasteiger partial charge in [-0.3, -0.25) is 9.59 Å². The average Bonchev–Trinajstić information content (AvgIpc) is 2.49. The van der Waals surface area contributed by atoms with Crippen LogP contribution in [-0.4, -0.2) is 49.9 Å². The maximum absolute atomic E-state index is 11.4. The van der Waals surface area contributed by atoms with E-state index in [9.17, 15) is 14.4 Å². The number of benzene rings is 1. The number of ether oxygens (including phenoxy) is 1. The Kier molecular flexibility index (Phi) is 7.12. The first-order chi connectivity index (χ1) is 10.4. The van der Waals surface area contributed by atoms with E-state index in [-0.39, 0.29) is 12.5 Å². The molecule has 0 aliphatic carbocycles. The molecule has 7 heteroatoms. The molecule has 1 N–H and O–H groups in total. The van der Waals surface area contributed by atoms with Crippen LogP contribution in [0.3, 0.4) is 0 Å². The van der Waals surface area contributed by atoms with Crippen molar-refractivity contribution in [2.45, 2.75) is 0 Å². The van der Waals surface area contributed by atoms with Crippen molar-refractivity contribution in [3.8, 4) is 0 Å². The van der Waals surface area contributed by atoms with Crippen LogP contribution in [-0.2, 0) is 19.1 Å². The first-order valence-corrected chi connectivity index (χ1v) is 6.83. The summed E-state index contributed by atoms with van der Waals surface area (Å²) >= 11 is 5.74. The zero-order valence-electron chi connectivity index (χ0n) is 12.3. The Bertz CT molecular complexity index is 567. The van der Waals surface area contributed by atoms with Gasteiger partial charge in [-0.15, -0.1) is 0 Å². The minimum Gasteiger partial charge on any atom is -0.452 e. The summed E-state index contributed by atoms with van der Waals surface area (Å²) in [4.78, 5) is 35.4. The maximum Gasteiger partial charge on any atom is 0.331 e. The van der Waals surface area contributed by atoms with Gasteiger partial charge in [-0.25, -0.2) is 4.79 Å². The fraction of sp³-hybridized carbons (Fsp3) is 0.267. The quantitative estimate of drug-likeness (QED) is 0.628. The molecule has 0 unspecified atom stereocenters. The molecular weight excluding hydrogens is 308 g/mol. The third-order valence-electron chi connectivity index (χ3n) is 2.56. The summed E-state index contributed by atoms with van der Waals surface area (Å²) in [7, 11) is 3.16. The highest BCUT2D eigenvalue weighted by molar-refractivity contribution is 6.30. The largest absolute Gasteiger partial charge is 0.452 e. The van der Waals surface area contributed by atoms with Crippen LogP contribution < -0.4 is 5.32 Å². The van der Waals surface area contributed by atoms with Crippen LogP contribution in [0.15, 0.2) is 30.3 Å². The monoisotopic (exact) mass is 324 g/mol. The van der Waals surface area contributed by atoms with Crippen molar-refractivity contribution in [1.82, 2.24) is 10.2 Å². The molecule has 0 radical (unpaired) electrons. The van der Waals surface area contributed by atoms with Crippen LogP contribution in [0.4, 0.5) is 0 Å². The Morgan fingerprint density at radius 2 is 1.86 bits per heavy atom. The zero-order chi connectivity index (χ0) is 16.5. The normalized spacial score (nSPS) is 10.3. The van der Waals surface area contributed by atoms with Crippen molar-refractivity contribution in [1.29, 1.82) is 0 Å². The molecule has 0 saturated heterocycles. The molecule has 0 aliphatic rings. The SMILES string of the molecule is CN(C)C(=O)CNC(=O)COC(=O)/C=C/c1ccc(Cl)cc1. The van der Waals surface area contributed by atoms with Crippen LogP contribution in [0.2, 0.25) is 5.02 Å². The number of rotatable bonds is 6. The smallest absolute Gasteiger partial charge is 0.331 e. The average molecular weight is 325 g/mol. The van der Waals surface area contributed by atoms with Crippen molar-refractivity contribution >= 4 is 35.5 Å². The molecule has 118 valence electrons. The van der Waals surface area contributed by atoms with Gasteiger partial charge in [-0.05, 0) is 23.8 Å². The van der Waals surface area contributed by atoms with Gasteiger partial charge in [-0.1, -0.05) is 23.7 Å². The molecule has 0 bridgehead atoms. The second-order valence-corrected chi connectivity index (χ2v) is 4.99. The van der Waals surface area contributed by atoms with Crippen LogP contribution in [0.5, 0.6) is 0 Å². The molecule has 2 amide bonds. The number of esters is 1. The summed E-state index contributed by atoms with van der Waals surface area (Å²) in [6.45, 7) is -0.575. The highest BCUT2D eigenvalue weighted by atomic mass is 35.5. The van der Waals surface area contributed by atoms with E-state index in [0.717, 1.165) is 5.56 Å². The number of nitrogens with one attached hydrogen (secondary N) is 1. The van der Waals surface area contributed by atoms with Gasteiger partial charge >= 0.3 is 5.97 Å². The molecule has 0 heterocycles.